The Kier molecular flexibility index (Phi) is 10.4. The molecule has 3 atom stereocenters. The molecule has 0 saturated carbocycles. The first-order valence-electron chi connectivity index (χ1n) is 17.8. The van der Waals surface area contributed by atoms with Crippen LogP contribution in [-0.4, -0.2) is 96.4 Å². The molecule has 3 aliphatic heterocycles. The van der Waals surface area contributed by atoms with Gasteiger partial charge in [-0.3, -0.25) is 0 Å². The molecule has 3 unspecified atom stereocenters. The van der Waals surface area contributed by atoms with Crippen molar-refractivity contribution in [3.05, 3.63) is 36.7 Å². The largest absolute Gasteiger partial charge is 0.444 e. The van der Waals surface area contributed by atoms with Crippen molar-refractivity contribution in [2.75, 3.05) is 43.1 Å². The third-order valence-corrected chi connectivity index (χ3v) is 11.6. The molecule has 6 rings (SSSR count). The van der Waals surface area contributed by atoms with Crippen molar-refractivity contribution in [2.45, 2.75) is 109 Å². The minimum atomic E-state index is -4.47. The summed E-state index contributed by atoms with van der Waals surface area (Å²) in [5.74, 6) is 0.202. The fraction of sp³-hybridized carbons (Fsp3) is 0.639. The topological polar surface area (TPSA) is 94.0 Å². The highest BCUT2D eigenvalue weighted by molar-refractivity contribution is 6.76. The molecule has 0 spiro atoms. The molecule has 5 heterocycles. The first-order valence-corrected chi connectivity index (χ1v) is 21.5. The number of hydrogen-bond donors (Lipinski definition) is 1. The van der Waals surface area contributed by atoms with E-state index in [1.165, 1.54) is 4.90 Å². The molecule has 2 bridgehead atoms. The number of alkyl halides is 3. The number of morpholine rings is 1. The molecular weight excluding hydrogens is 666 g/mol. The highest BCUT2D eigenvalue weighted by atomic mass is 28.3. The van der Waals surface area contributed by atoms with Gasteiger partial charge in [-0.1, -0.05) is 31.8 Å². The molecule has 0 aliphatic carbocycles. The summed E-state index contributed by atoms with van der Waals surface area (Å²) >= 11 is 0. The van der Waals surface area contributed by atoms with Gasteiger partial charge in [-0.15, -0.1) is 0 Å². The number of fused-ring (bicyclic) bond motifs is 3. The molecule has 1 amide bonds. The monoisotopic (exact) mass is 716 g/mol. The van der Waals surface area contributed by atoms with E-state index in [2.05, 4.69) is 35.9 Å². The molecule has 0 radical (unpaired) electrons. The third kappa shape index (κ3) is 8.39. The van der Waals surface area contributed by atoms with Crippen molar-refractivity contribution < 1.29 is 32.2 Å². The van der Waals surface area contributed by atoms with Crippen LogP contribution >= 0.6 is 0 Å². The number of nitrogens with one attached hydrogen (secondary N) is 1. The van der Waals surface area contributed by atoms with Gasteiger partial charge in [-0.2, -0.15) is 13.2 Å². The summed E-state index contributed by atoms with van der Waals surface area (Å²) in [6.07, 6.45) is -0.791. The fourth-order valence-corrected chi connectivity index (χ4v) is 8.02. The van der Waals surface area contributed by atoms with E-state index in [0.717, 1.165) is 47.0 Å². The second-order valence-corrected chi connectivity index (χ2v) is 21.7. The predicted octanol–water partition coefficient (Wildman–Crippen LogP) is 7.77. The lowest BCUT2D eigenvalue weighted by atomic mass is 9.88. The molecule has 14 heteroatoms. The summed E-state index contributed by atoms with van der Waals surface area (Å²) < 4.78 is 62.9. The van der Waals surface area contributed by atoms with E-state index >= 15 is 0 Å². The van der Waals surface area contributed by atoms with Gasteiger partial charge in [0, 0.05) is 33.5 Å². The van der Waals surface area contributed by atoms with E-state index in [0.29, 0.717) is 32.2 Å². The van der Waals surface area contributed by atoms with Crippen molar-refractivity contribution >= 4 is 36.7 Å². The number of carbonyl (C=O) groups is 1. The van der Waals surface area contributed by atoms with E-state index in [4.69, 9.17) is 24.2 Å². The van der Waals surface area contributed by atoms with Gasteiger partial charge in [-0.05, 0) is 82.2 Å². The van der Waals surface area contributed by atoms with E-state index in [1.54, 1.807) is 39.2 Å². The Balaban J connectivity index is 1.23. The van der Waals surface area contributed by atoms with Crippen LogP contribution in [0.15, 0.2) is 36.7 Å². The van der Waals surface area contributed by atoms with Crippen LogP contribution in [0.5, 0.6) is 0 Å². The Hall–Kier alpha value is -3.36. The minimum absolute atomic E-state index is 0.216. The van der Waals surface area contributed by atoms with E-state index in [9.17, 15) is 18.0 Å². The quantitative estimate of drug-likeness (QED) is 0.168. The van der Waals surface area contributed by atoms with Gasteiger partial charge in [0.05, 0.1) is 36.4 Å². The van der Waals surface area contributed by atoms with Gasteiger partial charge in [0.1, 0.15) is 36.2 Å². The molecule has 274 valence electrons. The molecule has 3 fully saturated rings. The third-order valence-electron chi connectivity index (χ3n) is 9.89. The van der Waals surface area contributed by atoms with Crippen LogP contribution in [-0.2, 0) is 20.9 Å². The van der Waals surface area contributed by atoms with Crippen LogP contribution < -0.4 is 10.2 Å². The van der Waals surface area contributed by atoms with Gasteiger partial charge in [-0.25, -0.2) is 14.8 Å². The van der Waals surface area contributed by atoms with Crippen LogP contribution in [0.3, 0.4) is 0 Å². The highest BCUT2D eigenvalue weighted by Crippen LogP contribution is 2.39. The lowest BCUT2D eigenvalue weighted by molar-refractivity contribution is -0.156. The SMILES string of the molecule is CC(C)(C)OC(=O)N1CCC(C(Nc2ccc(-c3cc4c(N5C6CCC5COC6)ncnc4n3COCC[Si](C)(C)C)cc2)C(F)(F)F)CC1. The number of carbonyl (C=O) groups excluding carboxylic acids is 1. The van der Waals surface area contributed by atoms with Gasteiger partial charge < -0.3 is 33.9 Å². The van der Waals surface area contributed by atoms with Crippen LogP contribution in [0.2, 0.25) is 25.7 Å². The number of halogens is 3. The zero-order chi connectivity index (χ0) is 35.8. The Morgan fingerprint density at radius 2 is 1.68 bits per heavy atom. The predicted molar refractivity (Wildman–Crippen MR) is 191 cm³/mol. The number of ether oxygens (including phenoxy) is 3. The Morgan fingerprint density at radius 1 is 1.02 bits per heavy atom. The summed E-state index contributed by atoms with van der Waals surface area (Å²) in [6, 6.07) is 8.99. The lowest BCUT2D eigenvalue weighted by Crippen LogP contribution is -2.49. The maximum absolute atomic E-state index is 14.4. The summed E-state index contributed by atoms with van der Waals surface area (Å²) in [6.45, 7) is 15.0. The average Bonchev–Trinajstić information content (AvgIpc) is 3.53. The van der Waals surface area contributed by atoms with Gasteiger partial charge in [0.25, 0.3) is 0 Å². The molecule has 1 N–H and O–H groups in total. The second kappa shape index (κ2) is 14.3. The molecule has 3 saturated heterocycles. The highest BCUT2D eigenvalue weighted by Gasteiger charge is 2.46. The number of likely N-dealkylation sites (tertiary alicyclic amines) is 1. The number of aromatic nitrogens is 3. The van der Waals surface area contributed by atoms with Crippen molar-refractivity contribution in [3.8, 4) is 11.3 Å². The smallest absolute Gasteiger partial charge is 0.410 e. The number of hydrogen-bond acceptors (Lipinski definition) is 8. The summed E-state index contributed by atoms with van der Waals surface area (Å²) in [4.78, 5) is 25.8. The number of amides is 1. The first-order chi connectivity index (χ1) is 23.6. The number of benzene rings is 1. The molecule has 3 aromatic rings. The second-order valence-electron chi connectivity index (χ2n) is 16.1. The maximum Gasteiger partial charge on any atom is 0.410 e. The Morgan fingerprint density at radius 3 is 2.28 bits per heavy atom. The van der Waals surface area contributed by atoms with Crippen LogP contribution in [0.25, 0.3) is 22.3 Å². The minimum Gasteiger partial charge on any atom is -0.444 e. The number of piperidine rings is 1. The fourth-order valence-electron chi connectivity index (χ4n) is 7.26. The molecule has 10 nitrogen and oxygen atoms in total. The molecule has 1 aromatic carbocycles. The van der Waals surface area contributed by atoms with E-state index in [-0.39, 0.29) is 38.0 Å². The van der Waals surface area contributed by atoms with Crippen molar-refractivity contribution in [2.24, 2.45) is 5.92 Å². The number of rotatable bonds is 10. The van der Waals surface area contributed by atoms with Crippen LogP contribution in [0.4, 0.5) is 29.5 Å². The molecule has 3 aliphatic rings. The maximum atomic E-state index is 14.4. The number of nitrogens with zero attached hydrogens (tertiary/aromatic N) is 5. The first kappa shape index (κ1) is 36.4. The zero-order valence-electron chi connectivity index (χ0n) is 30.1. The average molecular weight is 717 g/mol. The van der Waals surface area contributed by atoms with Gasteiger partial charge >= 0.3 is 12.3 Å². The van der Waals surface area contributed by atoms with Gasteiger partial charge in [0.2, 0.25) is 0 Å². The standard InChI is InChI=1S/C36H51F3N6O4Si/c1-35(2,3)49-34(46)43-15-13-25(14-16-43)31(36(37,38)39)42-26-9-7-24(8-10-26)30-19-29-32(44(30)23-47-17-18-50(4,5)6)40-22-41-33(29)45-27-11-12-28(45)21-48-20-27/h7-10,19,22,25,27-28,31,42H,11-18,20-21,23H2,1-6H3. The summed E-state index contributed by atoms with van der Waals surface area (Å²) in [7, 11) is -1.30. The summed E-state index contributed by atoms with van der Waals surface area (Å²) in [5, 5.41) is 3.71. The molecular formula is C36H51F3N6O4Si. The summed E-state index contributed by atoms with van der Waals surface area (Å²) in [5.41, 5.74) is 2.19. The zero-order valence-corrected chi connectivity index (χ0v) is 31.1. The lowest BCUT2D eigenvalue weighted by Gasteiger charge is -2.37. The van der Waals surface area contributed by atoms with Crippen molar-refractivity contribution in [1.82, 2.24) is 19.4 Å². The van der Waals surface area contributed by atoms with Crippen LogP contribution in [0.1, 0.15) is 46.5 Å². The van der Waals surface area contributed by atoms with Gasteiger partial charge in [0.15, 0.2) is 0 Å². The van der Waals surface area contributed by atoms with E-state index < -0.39 is 37.9 Å². The Bertz CT molecular complexity index is 1610. The van der Waals surface area contributed by atoms with Crippen molar-refractivity contribution in [1.29, 1.82) is 0 Å². The molecule has 50 heavy (non-hydrogen) atoms. The van der Waals surface area contributed by atoms with E-state index in [1.807, 2.05) is 16.7 Å². The van der Waals surface area contributed by atoms with Crippen LogP contribution in [0, 0.1) is 5.92 Å². The molecule has 2 aromatic heterocycles. The number of anilines is 2. The Labute approximate surface area is 293 Å². The normalized spacial score (nSPS) is 21.1. The van der Waals surface area contributed by atoms with Crippen molar-refractivity contribution in [3.63, 3.8) is 0 Å².